The third kappa shape index (κ3) is 3.22. The van der Waals surface area contributed by atoms with Gasteiger partial charge in [0, 0.05) is 11.9 Å². The first-order chi connectivity index (χ1) is 10.2. The summed E-state index contributed by atoms with van der Waals surface area (Å²) in [6, 6.07) is 13.8. The maximum absolute atomic E-state index is 5.14. The number of rotatable bonds is 4. The van der Waals surface area contributed by atoms with Crippen molar-refractivity contribution in [3.63, 3.8) is 0 Å². The van der Waals surface area contributed by atoms with Crippen LogP contribution < -0.4 is 14.8 Å². The van der Waals surface area contributed by atoms with Gasteiger partial charge < -0.3 is 10.1 Å². The lowest BCUT2D eigenvalue weighted by atomic mass is 10.1. The third-order valence-corrected chi connectivity index (χ3v) is 4.02. The molecule has 0 aliphatic carbocycles. The highest BCUT2D eigenvalue weighted by Crippen LogP contribution is 2.23. The zero-order chi connectivity index (χ0) is 14.7. The van der Waals surface area contributed by atoms with Crippen LogP contribution in [0.5, 0.6) is 5.75 Å². The van der Waals surface area contributed by atoms with Gasteiger partial charge in [0.05, 0.1) is 17.7 Å². The number of methoxy groups -OCH3 is 1. The van der Waals surface area contributed by atoms with Gasteiger partial charge in [-0.2, -0.15) is 0 Å². The minimum absolute atomic E-state index is 0.587. The molecule has 6 heteroatoms. The second-order valence-corrected chi connectivity index (χ2v) is 5.82. The van der Waals surface area contributed by atoms with Crippen molar-refractivity contribution in [2.24, 2.45) is 0 Å². The van der Waals surface area contributed by atoms with E-state index in [1.54, 1.807) is 24.6 Å². The summed E-state index contributed by atoms with van der Waals surface area (Å²) in [6.07, 6.45) is 1.77. The van der Waals surface area contributed by atoms with Gasteiger partial charge in [0.2, 0.25) is 5.95 Å². The highest BCUT2D eigenvalue weighted by atomic mass is 32.1. The quantitative estimate of drug-likeness (QED) is 0.750. The van der Waals surface area contributed by atoms with E-state index in [0.29, 0.717) is 5.95 Å². The molecular weight excluding hydrogens is 281 g/mol. The normalized spacial score (nSPS) is 10.3. The highest BCUT2D eigenvalue weighted by molar-refractivity contribution is 7.23. The van der Waals surface area contributed by atoms with Gasteiger partial charge in [0.15, 0.2) is 7.85 Å². The molecule has 0 atom stereocenters. The summed E-state index contributed by atoms with van der Waals surface area (Å²) in [5, 5.41) is 3.20. The fraction of sp³-hybridized carbons (Fsp3) is 0.0667. The van der Waals surface area contributed by atoms with Crippen LogP contribution in [0.2, 0.25) is 0 Å². The minimum atomic E-state index is 0.587. The Kier molecular flexibility index (Phi) is 3.88. The third-order valence-electron chi connectivity index (χ3n) is 2.99. The Bertz CT molecular complexity index is 743. The summed E-state index contributed by atoms with van der Waals surface area (Å²) in [6.45, 7) is 0. The van der Waals surface area contributed by atoms with Gasteiger partial charge in [-0.3, -0.25) is 0 Å². The van der Waals surface area contributed by atoms with E-state index in [9.17, 15) is 0 Å². The summed E-state index contributed by atoms with van der Waals surface area (Å²) in [5.74, 6) is 1.41. The Labute approximate surface area is 128 Å². The molecule has 0 radical (unpaired) electrons. The van der Waals surface area contributed by atoms with Gasteiger partial charge in [-0.05, 0) is 41.2 Å². The molecule has 1 N–H and O–H groups in total. The number of hydrogen-bond acceptors (Lipinski definition) is 5. The van der Waals surface area contributed by atoms with E-state index in [1.807, 2.05) is 30.3 Å². The van der Waals surface area contributed by atoms with Crippen LogP contribution in [-0.4, -0.2) is 24.9 Å². The Balaban J connectivity index is 1.82. The number of nitrogens with zero attached hydrogens (tertiary/aromatic N) is 2. The Morgan fingerprint density at radius 3 is 2.57 bits per heavy atom. The molecule has 0 aliphatic heterocycles. The fourth-order valence-corrected chi connectivity index (χ4v) is 2.77. The van der Waals surface area contributed by atoms with Gasteiger partial charge >= 0.3 is 0 Å². The first-order valence-corrected chi connectivity index (χ1v) is 7.37. The highest BCUT2D eigenvalue weighted by Gasteiger charge is 2.05. The maximum atomic E-state index is 5.14. The molecule has 0 bridgehead atoms. The van der Waals surface area contributed by atoms with E-state index in [2.05, 4.69) is 35.3 Å². The smallest absolute Gasteiger partial charge is 0.227 e. The van der Waals surface area contributed by atoms with Crippen molar-refractivity contribution in [1.29, 1.82) is 0 Å². The standard InChI is InChI=1S/C15H14BN3OS/c1-20-11-4-2-10(3-5-11)18-15-17-9-8-12(19-15)13-6-7-14(16)21-13/h2-9H,16H2,1H3,(H,17,18,19). The zero-order valence-corrected chi connectivity index (χ0v) is 12.6. The molecule has 0 unspecified atom stereocenters. The topological polar surface area (TPSA) is 47.0 Å². The van der Waals surface area contributed by atoms with Crippen molar-refractivity contribution < 1.29 is 4.74 Å². The molecule has 0 saturated heterocycles. The first-order valence-electron chi connectivity index (χ1n) is 6.55. The molecule has 0 spiro atoms. The van der Waals surface area contributed by atoms with Crippen LogP contribution in [0.15, 0.2) is 48.7 Å². The van der Waals surface area contributed by atoms with Crippen LogP contribution >= 0.6 is 11.3 Å². The van der Waals surface area contributed by atoms with Gasteiger partial charge in [-0.15, -0.1) is 11.3 Å². The van der Waals surface area contributed by atoms with Crippen LogP contribution in [0, 0.1) is 0 Å². The van der Waals surface area contributed by atoms with Gasteiger partial charge in [-0.25, -0.2) is 9.97 Å². The van der Waals surface area contributed by atoms with Crippen molar-refractivity contribution in [3.8, 4) is 16.3 Å². The minimum Gasteiger partial charge on any atom is -0.497 e. The van der Waals surface area contributed by atoms with Gasteiger partial charge in [0.25, 0.3) is 0 Å². The zero-order valence-electron chi connectivity index (χ0n) is 11.8. The molecule has 1 aromatic carbocycles. The van der Waals surface area contributed by atoms with Crippen LogP contribution in [0.3, 0.4) is 0 Å². The summed E-state index contributed by atoms with van der Waals surface area (Å²) in [5.41, 5.74) is 1.86. The van der Waals surface area contributed by atoms with Crippen molar-refractivity contribution in [2.75, 3.05) is 12.4 Å². The summed E-state index contributed by atoms with van der Waals surface area (Å²) in [7, 11) is 3.74. The predicted molar refractivity (Wildman–Crippen MR) is 89.8 cm³/mol. The molecule has 0 fully saturated rings. The lowest BCUT2D eigenvalue weighted by Crippen LogP contribution is -1.97. The van der Waals surface area contributed by atoms with E-state index in [-0.39, 0.29) is 0 Å². The van der Waals surface area contributed by atoms with E-state index in [1.165, 1.54) is 4.78 Å². The second-order valence-electron chi connectivity index (χ2n) is 4.53. The number of ether oxygens (including phenoxy) is 1. The molecule has 0 saturated carbocycles. The van der Waals surface area contributed by atoms with Gasteiger partial charge in [0.1, 0.15) is 5.75 Å². The molecule has 0 amide bonds. The van der Waals surface area contributed by atoms with E-state index in [4.69, 9.17) is 4.74 Å². The summed E-state index contributed by atoms with van der Waals surface area (Å²) in [4.78, 5) is 9.96. The van der Waals surface area contributed by atoms with Crippen LogP contribution in [0.25, 0.3) is 10.6 Å². The molecule has 2 aromatic heterocycles. The average molecular weight is 295 g/mol. The summed E-state index contributed by atoms with van der Waals surface area (Å²) >= 11 is 1.73. The number of benzene rings is 1. The molecule has 4 nitrogen and oxygen atoms in total. The second kappa shape index (κ2) is 5.97. The fourth-order valence-electron chi connectivity index (χ4n) is 1.93. The number of nitrogens with one attached hydrogen (secondary N) is 1. The number of hydrogen-bond donors (Lipinski definition) is 1. The van der Waals surface area contributed by atoms with Crippen LogP contribution in [-0.2, 0) is 0 Å². The van der Waals surface area contributed by atoms with Crippen molar-refractivity contribution in [3.05, 3.63) is 48.7 Å². The molecule has 0 aliphatic rings. The monoisotopic (exact) mass is 295 g/mol. The maximum Gasteiger partial charge on any atom is 0.227 e. The number of aromatic nitrogens is 2. The molecule has 21 heavy (non-hydrogen) atoms. The van der Waals surface area contributed by atoms with E-state index < -0.39 is 0 Å². The van der Waals surface area contributed by atoms with E-state index in [0.717, 1.165) is 22.0 Å². The Morgan fingerprint density at radius 1 is 1.10 bits per heavy atom. The van der Waals surface area contributed by atoms with Crippen molar-refractivity contribution in [1.82, 2.24) is 9.97 Å². The van der Waals surface area contributed by atoms with Crippen molar-refractivity contribution >= 4 is 35.6 Å². The van der Waals surface area contributed by atoms with E-state index >= 15 is 0 Å². The average Bonchev–Trinajstić information content (AvgIpc) is 2.95. The lowest BCUT2D eigenvalue weighted by molar-refractivity contribution is 0.415. The van der Waals surface area contributed by atoms with Crippen LogP contribution in [0.4, 0.5) is 11.6 Å². The molecule has 104 valence electrons. The predicted octanol–water partition coefficient (Wildman–Crippen LogP) is 2.22. The SMILES string of the molecule is Bc1ccc(-c2ccnc(Nc3ccc(OC)cc3)n2)s1. The number of anilines is 2. The van der Waals surface area contributed by atoms with Gasteiger partial charge in [-0.1, -0.05) is 6.07 Å². The Hall–Kier alpha value is -2.34. The van der Waals surface area contributed by atoms with Crippen molar-refractivity contribution in [2.45, 2.75) is 0 Å². The first kappa shape index (κ1) is 13.6. The summed E-state index contributed by atoms with van der Waals surface area (Å²) < 4.78 is 6.41. The van der Waals surface area contributed by atoms with Crippen LogP contribution in [0.1, 0.15) is 0 Å². The molecule has 3 aromatic rings. The molecule has 3 rings (SSSR count). The Morgan fingerprint density at radius 2 is 1.90 bits per heavy atom. The number of thiophene rings is 1. The largest absolute Gasteiger partial charge is 0.497 e. The molecule has 2 heterocycles. The molecular formula is C15H14BN3OS. The lowest BCUT2D eigenvalue weighted by Gasteiger charge is -2.06.